The van der Waals surface area contributed by atoms with Crippen molar-refractivity contribution in [3.8, 4) is 17.2 Å². The van der Waals surface area contributed by atoms with E-state index in [1.807, 2.05) is 71.8 Å². The second-order valence-electron chi connectivity index (χ2n) is 12.3. The maximum atomic E-state index is 12.5. The van der Waals surface area contributed by atoms with Crippen LogP contribution in [0, 0.1) is 5.92 Å². The van der Waals surface area contributed by atoms with Gasteiger partial charge in [0.2, 0.25) is 5.91 Å². The van der Waals surface area contributed by atoms with E-state index in [0.29, 0.717) is 35.4 Å². The first-order valence-electron chi connectivity index (χ1n) is 16.5. The number of rotatable bonds is 12. The number of methoxy groups -OCH3 is 1. The average molecular weight is 648 g/mol. The van der Waals surface area contributed by atoms with Crippen LogP contribution in [0.5, 0.6) is 17.2 Å². The lowest BCUT2D eigenvalue weighted by atomic mass is 10.0. The summed E-state index contributed by atoms with van der Waals surface area (Å²) in [5.74, 6) is 3.92. The smallest absolute Gasteiger partial charge is 0.247 e. The van der Waals surface area contributed by atoms with Crippen molar-refractivity contribution in [1.29, 1.82) is 0 Å². The summed E-state index contributed by atoms with van der Waals surface area (Å²) >= 11 is 0. The first-order chi connectivity index (χ1) is 23.6. The Morgan fingerprint density at radius 2 is 1.77 bits per heavy atom. The number of amides is 1. The third-order valence-electron chi connectivity index (χ3n) is 8.96. The third kappa shape index (κ3) is 7.37. The first kappa shape index (κ1) is 31.5. The Bertz CT molecular complexity index is 1740. The van der Waals surface area contributed by atoms with Gasteiger partial charge in [0.25, 0.3) is 0 Å². The van der Waals surface area contributed by atoms with Crippen molar-refractivity contribution >= 4 is 34.6 Å². The molecular weight excluding hydrogens is 606 g/mol. The number of anilines is 5. The quantitative estimate of drug-likeness (QED) is 0.164. The fourth-order valence-electron chi connectivity index (χ4n) is 6.30. The van der Waals surface area contributed by atoms with Crippen LogP contribution in [0.4, 0.5) is 28.7 Å². The predicted molar refractivity (Wildman–Crippen MR) is 187 cm³/mol. The molecule has 4 aromatic rings. The fourth-order valence-corrected chi connectivity index (χ4v) is 6.30. The topological polar surface area (TPSA) is 104 Å². The summed E-state index contributed by atoms with van der Waals surface area (Å²) in [5.41, 5.74) is 3.30. The molecule has 2 saturated heterocycles. The molecule has 2 aliphatic heterocycles. The van der Waals surface area contributed by atoms with Gasteiger partial charge in [-0.1, -0.05) is 36.9 Å². The Balaban J connectivity index is 1.11. The van der Waals surface area contributed by atoms with E-state index in [2.05, 4.69) is 43.0 Å². The maximum absolute atomic E-state index is 12.5. The minimum absolute atomic E-state index is 0.0636. The van der Waals surface area contributed by atoms with Crippen molar-refractivity contribution < 1.29 is 19.1 Å². The Kier molecular flexibility index (Phi) is 9.39. The van der Waals surface area contributed by atoms with Gasteiger partial charge in [-0.3, -0.25) is 14.5 Å². The lowest BCUT2D eigenvalue weighted by Gasteiger charge is -2.37. The van der Waals surface area contributed by atoms with E-state index in [-0.39, 0.29) is 11.9 Å². The molecule has 0 unspecified atom stereocenters. The molecule has 48 heavy (non-hydrogen) atoms. The van der Waals surface area contributed by atoms with Crippen LogP contribution < -0.4 is 30.1 Å². The van der Waals surface area contributed by atoms with Crippen LogP contribution >= 0.6 is 0 Å². The highest BCUT2D eigenvalue weighted by Crippen LogP contribution is 2.40. The van der Waals surface area contributed by atoms with Crippen molar-refractivity contribution in [1.82, 2.24) is 14.9 Å². The average Bonchev–Trinajstić information content (AvgIpc) is 3.80. The number of hydrogen-bond acceptors (Lipinski definition) is 10. The highest BCUT2D eigenvalue weighted by Gasteiger charge is 2.30. The molecule has 0 radical (unpaired) electrons. The second kappa shape index (κ2) is 14.3. The van der Waals surface area contributed by atoms with Gasteiger partial charge < -0.3 is 25.0 Å². The third-order valence-corrected chi connectivity index (χ3v) is 8.96. The molecule has 0 bridgehead atoms. The summed E-state index contributed by atoms with van der Waals surface area (Å²) in [5, 5.41) is 8.23. The number of para-hydroxylation sites is 1. The zero-order chi connectivity index (χ0) is 32.9. The van der Waals surface area contributed by atoms with Gasteiger partial charge >= 0.3 is 0 Å². The van der Waals surface area contributed by atoms with Gasteiger partial charge in [-0.15, -0.1) is 0 Å². The molecule has 3 aromatic carbocycles. The van der Waals surface area contributed by atoms with Crippen molar-refractivity contribution in [3.05, 3.63) is 97.3 Å². The molecular formula is C37H41N7O4. The summed E-state index contributed by atoms with van der Waals surface area (Å²) < 4.78 is 11.9. The fraction of sp³-hybridized carbons (Fsp3) is 0.324. The van der Waals surface area contributed by atoms with Crippen LogP contribution in [-0.2, 0) is 9.63 Å². The number of nitrogens with one attached hydrogen (secondary N) is 2. The Morgan fingerprint density at radius 1 is 0.958 bits per heavy atom. The number of nitrogens with zero attached hydrogens (tertiary/aromatic N) is 5. The SMILES string of the molecule is C=CC(=O)Nc1cc(Nc2cc(N3OCC[C@@H]3c3cccc(Oc4ccccc4)c3)ncn2)c(OC)cc1N1CCN(CC2CC2)CC1. The number of benzene rings is 3. The normalized spacial score (nSPS) is 18.0. The number of carbonyl (C=O) groups excluding carboxylic acids is 1. The van der Waals surface area contributed by atoms with Crippen LogP contribution in [0.25, 0.3) is 0 Å². The van der Waals surface area contributed by atoms with E-state index < -0.39 is 0 Å². The number of ether oxygens (including phenoxy) is 2. The number of hydrogen-bond donors (Lipinski definition) is 2. The molecule has 1 aliphatic carbocycles. The van der Waals surface area contributed by atoms with E-state index >= 15 is 0 Å². The van der Waals surface area contributed by atoms with Crippen molar-refractivity contribution in [2.45, 2.75) is 25.3 Å². The second-order valence-corrected chi connectivity index (χ2v) is 12.3. The van der Waals surface area contributed by atoms with Gasteiger partial charge in [0.1, 0.15) is 29.4 Å². The molecule has 2 N–H and O–H groups in total. The van der Waals surface area contributed by atoms with E-state index in [9.17, 15) is 4.79 Å². The van der Waals surface area contributed by atoms with Crippen LogP contribution in [0.2, 0.25) is 0 Å². The molecule has 3 fully saturated rings. The molecule has 1 amide bonds. The van der Waals surface area contributed by atoms with Gasteiger partial charge in [-0.2, -0.15) is 0 Å². The summed E-state index contributed by atoms with van der Waals surface area (Å²) in [6, 6.07) is 23.4. The molecule has 7 rings (SSSR count). The number of hydroxylamine groups is 1. The number of aromatic nitrogens is 2. The lowest BCUT2D eigenvalue weighted by Crippen LogP contribution is -2.47. The minimum Gasteiger partial charge on any atom is -0.494 e. The highest BCUT2D eigenvalue weighted by atomic mass is 16.7. The maximum Gasteiger partial charge on any atom is 0.247 e. The van der Waals surface area contributed by atoms with Crippen molar-refractivity contribution in [3.63, 3.8) is 0 Å². The summed E-state index contributed by atoms with van der Waals surface area (Å²) in [4.78, 5) is 32.5. The first-order valence-corrected chi connectivity index (χ1v) is 16.5. The highest BCUT2D eigenvalue weighted by molar-refractivity contribution is 6.02. The number of carbonyl (C=O) groups is 1. The largest absolute Gasteiger partial charge is 0.494 e. The molecule has 1 aromatic heterocycles. The van der Waals surface area contributed by atoms with Crippen molar-refractivity contribution in [2.24, 2.45) is 5.92 Å². The summed E-state index contributed by atoms with van der Waals surface area (Å²) in [6.45, 7) is 9.10. The van der Waals surface area contributed by atoms with Crippen LogP contribution in [0.3, 0.4) is 0 Å². The van der Waals surface area contributed by atoms with Crippen molar-refractivity contribution in [2.75, 3.05) is 67.0 Å². The summed E-state index contributed by atoms with van der Waals surface area (Å²) in [7, 11) is 1.64. The molecule has 3 heterocycles. The van der Waals surface area contributed by atoms with Gasteiger partial charge in [0, 0.05) is 51.3 Å². The van der Waals surface area contributed by atoms with Crippen LogP contribution in [-0.4, -0.2) is 67.2 Å². The molecule has 11 nitrogen and oxygen atoms in total. The van der Waals surface area contributed by atoms with Gasteiger partial charge in [-0.05, 0) is 60.7 Å². The zero-order valence-corrected chi connectivity index (χ0v) is 27.2. The monoisotopic (exact) mass is 647 g/mol. The standard InChI is InChI=1S/C37H41N7O4/c1-3-37(45)41-30-21-31(34(46-2)22-33(30)43-17-15-42(16-18-43)24-26-12-13-26)40-35-23-36(39-25-38-35)44-32(14-19-47-44)27-8-7-11-29(20-27)48-28-9-5-4-6-10-28/h3-11,20-23,25-26,32H,1,12-19,24H2,2H3,(H,41,45)(H,38,39,40)/t32-/m1/s1. The minimum atomic E-state index is -0.278. The molecule has 3 aliphatic rings. The Labute approximate surface area is 281 Å². The van der Waals surface area contributed by atoms with Gasteiger partial charge in [0.15, 0.2) is 5.82 Å². The molecule has 1 atom stereocenters. The molecule has 1 saturated carbocycles. The van der Waals surface area contributed by atoms with Crippen LogP contribution in [0.15, 0.2) is 91.8 Å². The van der Waals surface area contributed by atoms with Crippen LogP contribution in [0.1, 0.15) is 30.9 Å². The Hall–Kier alpha value is -5.13. The molecule has 248 valence electrons. The number of piperazine rings is 1. The zero-order valence-electron chi connectivity index (χ0n) is 27.2. The summed E-state index contributed by atoms with van der Waals surface area (Å²) in [6.07, 6.45) is 6.27. The van der Waals surface area contributed by atoms with E-state index in [1.165, 1.54) is 31.8 Å². The molecule has 11 heteroatoms. The van der Waals surface area contributed by atoms with Gasteiger partial charge in [0.05, 0.1) is 36.8 Å². The van der Waals surface area contributed by atoms with E-state index in [0.717, 1.165) is 61.3 Å². The van der Waals surface area contributed by atoms with E-state index in [1.54, 1.807) is 7.11 Å². The van der Waals surface area contributed by atoms with E-state index in [4.69, 9.17) is 14.3 Å². The Morgan fingerprint density at radius 3 is 2.54 bits per heavy atom. The van der Waals surface area contributed by atoms with Gasteiger partial charge in [-0.25, -0.2) is 15.0 Å². The predicted octanol–water partition coefficient (Wildman–Crippen LogP) is 6.56. The molecule has 0 spiro atoms. The lowest BCUT2D eigenvalue weighted by molar-refractivity contribution is -0.111.